The monoisotopic (exact) mass is 198 g/mol. The van der Waals surface area contributed by atoms with Gasteiger partial charge in [0.25, 0.3) is 0 Å². The predicted molar refractivity (Wildman–Crippen MR) is 62.6 cm³/mol. The zero-order chi connectivity index (χ0) is 10.6. The van der Waals surface area contributed by atoms with Crippen LogP contribution in [0.4, 0.5) is 0 Å². The van der Waals surface area contributed by atoms with Crippen LogP contribution < -0.4 is 5.32 Å². The Kier molecular flexibility index (Phi) is 4.90. The molecule has 1 N–H and O–H groups in total. The smallest absolute Gasteiger partial charge is 0.00960 e. The highest BCUT2D eigenvalue weighted by molar-refractivity contribution is 4.84. The first-order valence-corrected chi connectivity index (χ1v) is 6.12. The predicted octanol–water partition coefficient (Wildman–Crippen LogP) is 2.25. The van der Waals surface area contributed by atoms with Crippen molar-refractivity contribution in [2.45, 2.75) is 64.6 Å². The van der Waals surface area contributed by atoms with E-state index < -0.39 is 0 Å². The fourth-order valence-corrected chi connectivity index (χ4v) is 2.45. The molecule has 1 heterocycles. The van der Waals surface area contributed by atoms with Gasteiger partial charge in [0.2, 0.25) is 0 Å². The van der Waals surface area contributed by atoms with Crippen LogP contribution in [0.15, 0.2) is 0 Å². The second-order valence-corrected chi connectivity index (χ2v) is 4.70. The van der Waals surface area contributed by atoms with Gasteiger partial charge in [-0.25, -0.2) is 0 Å². The molecular formula is C12H26N2. The second-order valence-electron chi connectivity index (χ2n) is 4.70. The minimum absolute atomic E-state index is 0.653. The number of likely N-dealkylation sites (tertiary alicyclic amines) is 1. The zero-order valence-electron chi connectivity index (χ0n) is 10.2. The van der Waals surface area contributed by atoms with Gasteiger partial charge in [-0.3, -0.25) is 4.90 Å². The molecule has 0 amide bonds. The third kappa shape index (κ3) is 2.96. The summed E-state index contributed by atoms with van der Waals surface area (Å²) in [6.45, 7) is 8.22. The zero-order valence-corrected chi connectivity index (χ0v) is 10.2. The molecule has 0 aliphatic carbocycles. The fraction of sp³-hybridized carbons (Fsp3) is 1.00. The normalized spacial score (nSPS) is 30.9. The van der Waals surface area contributed by atoms with Crippen molar-refractivity contribution in [1.29, 1.82) is 0 Å². The first-order chi connectivity index (χ1) is 6.69. The van der Waals surface area contributed by atoms with E-state index in [9.17, 15) is 0 Å². The van der Waals surface area contributed by atoms with Crippen molar-refractivity contribution in [3.63, 3.8) is 0 Å². The first kappa shape index (κ1) is 12.0. The lowest BCUT2D eigenvalue weighted by Gasteiger charge is -2.28. The maximum absolute atomic E-state index is 3.31. The summed E-state index contributed by atoms with van der Waals surface area (Å²) < 4.78 is 0. The van der Waals surface area contributed by atoms with Crippen molar-refractivity contribution in [3.8, 4) is 0 Å². The molecule has 0 spiro atoms. The van der Waals surface area contributed by atoms with Crippen LogP contribution in [0, 0.1) is 0 Å². The number of hydrogen-bond acceptors (Lipinski definition) is 2. The Morgan fingerprint density at radius 2 is 2.14 bits per heavy atom. The molecule has 1 saturated heterocycles. The van der Waals surface area contributed by atoms with Gasteiger partial charge in [-0.1, -0.05) is 6.92 Å². The van der Waals surface area contributed by atoms with E-state index in [0.29, 0.717) is 6.04 Å². The number of nitrogens with zero attached hydrogens (tertiary/aromatic N) is 1. The number of nitrogens with one attached hydrogen (secondary N) is 1. The highest BCUT2D eigenvalue weighted by atomic mass is 15.2. The van der Waals surface area contributed by atoms with Crippen molar-refractivity contribution < 1.29 is 0 Å². The van der Waals surface area contributed by atoms with Crippen LogP contribution in [0.3, 0.4) is 0 Å². The van der Waals surface area contributed by atoms with Gasteiger partial charge >= 0.3 is 0 Å². The molecule has 2 nitrogen and oxygen atoms in total. The van der Waals surface area contributed by atoms with Crippen LogP contribution in [0.1, 0.15) is 46.5 Å². The quantitative estimate of drug-likeness (QED) is 0.729. The molecule has 1 rings (SSSR count). The Balaban J connectivity index is 2.33. The van der Waals surface area contributed by atoms with Crippen molar-refractivity contribution >= 4 is 0 Å². The molecule has 0 saturated carbocycles. The molecule has 1 aliphatic rings. The van der Waals surface area contributed by atoms with Gasteiger partial charge in [0, 0.05) is 24.7 Å². The highest BCUT2D eigenvalue weighted by Crippen LogP contribution is 2.25. The molecule has 1 aliphatic heterocycles. The van der Waals surface area contributed by atoms with Crippen molar-refractivity contribution in [3.05, 3.63) is 0 Å². The Morgan fingerprint density at radius 1 is 1.43 bits per heavy atom. The van der Waals surface area contributed by atoms with Crippen molar-refractivity contribution in [2.24, 2.45) is 0 Å². The first-order valence-electron chi connectivity index (χ1n) is 6.12. The van der Waals surface area contributed by atoms with Crippen molar-refractivity contribution in [1.82, 2.24) is 10.2 Å². The topological polar surface area (TPSA) is 15.3 Å². The minimum Gasteiger partial charge on any atom is -0.317 e. The van der Waals surface area contributed by atoms with Gasteiger partial charge in [0.15, 0.2) is 0 Å². The molecule has 0 radical (unpaired) electrons. The van der Waals surface area contributed by atoms with Gasteiger partial charge in [0.05, 0.1) is 0 Å². The van der Waals surface area contributed by atoms with Gasteiger partial charge in [0.1, 0.15) is 0 Å². The van der Waals surface area contributed by atoms with Crippen LogP contribution in [-0.2, 0) is 0 Å². The second kappa shape index (κ2) is 5.72. The van der Waals surface area contributed by atoms with Crippen LogP contribution in [0.2, 0.25) is 0 Å². The summed E-state index contributed by atoms with van der Waals surface area (Å²) in [5.41, 5.74) is 0. The lowest BCUT2D eigenvalue weighted by molar-refractivity contribution is 0.190. The van der Waals surface area contributed by atoms with E-state index >= 15 is 0 Å². The molecule has 0 aromatic heterocycles. The molecule has 2 heteroatoms. The molecule has 1 fully saturated rings. The molecule has 3 unspecified atom stereocenters. The molecule has 3 atom stereocenters. The van der Waals surface area contributed by atoms with Gasteiger partial charge in [-0.15, -0.1) is 0 Å². The fourth-order valence-electron chi connectivity index (χ4n) is 2.45. The van der Waals surface area contributed by atoms with Crippen LogP contribution in [0.25, 0.3) is 0 Å². The summed E-state index contributed by atoms with van der Waals surface area (Å²) in [6, 6.07) is 2.32. The Labute approximate surface area is 89.1 Å². The van der Waals surface area contributed by atoms with E-state index in [2.05, 4.69) is 38.0 Å². The maximum atomic E-state index is 3.31. The van der Waals surface area contributed by atoms with E-state index in [1.54, 1.807) is 0 Å². The van der Waals surface area contributed by atoms with Crippen LogP contribution >= 0.6 is 0 Å². The van der Waals surface area contributed by atoms with Gasteiger partial charge in [-0.05, 0) is 46.6 Å². The summed E-state index contributed by atoms with van der Waals surface area (Å²) in [6.07, 6.45) is 5.40. The van der Waals surface area contributed by atoms with Gasteiger partial charge < -0.3 is 5.32 Å². The largest absolute Gasteiger partial charge is 0.317 e. The molecule has 14 heavy (non-hydrogen) atoms. The summed E-state index contributed by atoms with van der Waals surface area (Å²) in [7, 11) is 2.05. The SMILES string of the molecule is CCC1CCC(C)N1CCC(C)NC. The van der Waals surface area contributed by atoms with Gasteiger partial charge in [-0.2, -0.15) is 0 Å². The van der Waals surface area contributed by atoms with E-state index in [0.717, 1.165) is 12.1 Å². The Bertz CT molecular complexity index is 158. The third-order valence-corrected chi connectivity index (χ3v) is 3.74. The Hall–Kier alpha value is -0.0800. The average Bonchev–Trinajstić information content (AvgIpc) is 2.55. The molecule has 0 bridgehead atoms. The molecule has 0 aromatic rings. The highest BCUT2D eigenvalue weighted by Gasteiger charge is 2.28. The van der Waals surface area contributed by atoms with Crippen molar-refractivity contribution in [2.75, 3.05) is 13.6 Å². The van der Waals surface area contributed by atoms with Crippen LogP contribution in [0.5, 0.6) is 0 Å². The maximum Gasteiger partial charge on any atom is 0.00960 e. The molecule has 84 valence electrons. The minimum atomic E-state index is 0.653. The van der Waals surface area contributed by atoms with E-state index in [4.69, 9.17) is 0 Å². The van der Waals surface area contributed by atoms with E-state index in [1.165, 1.54) is 32.2 Å². The number of hydrogen-bond donors (Lipinski definition) is 1. The average molecular weight is 198 g/mol. The summed E-state index contributed by atoms with van der Waals surface area (Å²) in [5.74, 6) is 0. The third-order valence-electron chi connectivity index (χ3n) is 3.74. The standard InChI is InChI=1S/C12H26N2/c1-5-12-7-6-11(3)14(12)9-8-10(2)13-4/h10-13H,5-9H2,1-4H3. The lowest BCUT2D eigenvalue weighted by atomic mass is 10.1. The van der Waals surface area contributed by atoms with E-state index in [1.807, 2.05) is 0 Å². The molecular weight excluding hydrogens is 172 g/mol. The number of rotatable bonds is 5. The van der Waals surface area contributed by atoms with Crippen LogP contribution in [-0.4, -0.2) is 36.6 Å². The van der Waals surface area contributed by atoms with E-state index in [-0.39, 0.29) is 0 Å². The summed E-state index contributed by atoms with van der Waals surface area (Å²) in [4.78, 5) is 2.70. The lowest BCUT2D eigenvalue weighted by Crippen LogP contribution is -2.37. The Morgan fingerprint density at radius 3 is 2.71 bits per heavy atom. The molecule has 0 aromatic carbocycles. The summed E-state index contributed by atoms with van der Waals surface area (Å²) >= 11 is 0. The summed E-state index contributed by atoms with van der Waals surface area (Å²) in [5, 5.41) is 3.31.